The zero-order valence-electron chi connectivity index (χ0n) is 22.0. The molecule has 43 heavy (non-hydrogen) atoms. The minimum atomic E-state index is -4.20. The third kappa shape index (κ3) is 5.53. The fourth-order valence-electron chi connectivity index (χ4n) is 5.71. The van der Waals surface area contributed by atoms with Crippen LogP contribution in [-0.4, -0.2) is 86.3 Å². The van der Waals surface area contributed by atoms with Crippen LogP contribution >= 0.6 is 38.1 Å². The number of aromatic nitrogens is 4. The molecule has 0 radical (unpaired) electrons. The lowest BCUT2D eigenvalue weighted by Crippen LogP contribution is -2.40. The van der Waals surface area contributed by atoms with Gasteiger partial charge in [-0.25, -0.2) is 28.9 Å². The number of hydrogen-bond acceptors (Lipinski definition) is 13. The molecule has 0 spiro atoms. The Morgan fingerprint density at radius 2 is 1.72 bits per heavy atom. The summed E-state index contributed by atoms with van der Waals surface area (Å²) in [6.07, 6.45) is 0.295. The van der Waals surface area contributed by atoms with Gasteiger partial charge in [0, 0.05) is 48.5 Å². The minimum absolute atomic E-state index is 0.180. The number of aliphatic imine (C=N–C) groups is 1. The van der Waals surface area contributed by atoms with Gasteiger partial charge >= 0.3 is 19.6 Å². The number of imidazole rings is 1. The molecule has 4 aliphatic rings. The van der Waals surface area contributed by atoms with Crippen molar-refractivity contribution < 1.29 is 46.6 Å². The Kier molecular flexibility index (Phi) is 7.62. The molecular formula is C23H26N6O10P2S2. The Hall–Kier alpha value is -2.08. The van der Waals surface area contributed by atoms with Gasteiger partial charge in [-0.3, -0.25) is 22.7 Å². The van der Waals surface area contributed by atoms with E-state index >= 15 is 0 Å². The number of nitrogens with two attached hydrogens (primary N) is 1. The van der Waals surface area contributed by atoms with Crippen molar-refractivity contribution >= 4 is 67.1 Å². The number of nitrogens with zero attached hydrogens (tertiary/aromatic N) is 5. The van der Waals surface area contributed by atoms with Crippen molar-refractivity contribution in [2.24, 2.45) is 4.99 Å². The van der Waals surface area contributed by atoms with E-state index < -0.39 is 75.0 Å². The molecule has 7 heterocycles. The van der Waals surface area contributed by atoms with E-state index in [9.17, 15) is 19.0 Å². The zero-order valence-corrected chi connectivity index (χ0v) is 25.6. The second kappa shape index (κ2) is 11.1. The van der Waals surface area contributed by atoms with Crippen molar-refractivity contribution in [1.29, 1.82) is 0 Å². The molecule has 4 aliphatic heterocycles. The number of carbonyl (C=O) groups is 1. The number of aliphatic hydroxyl groups excluding tert-OH is 1. The number of aliphatic hydroxyl groups is 1. The van der Waals surface area contributed by atoms with E-state index in [4.69, 9.17) is 33.3 Å². The predicted molar refractivity (Wildman–Crippen MR) is 156 cm³/mol. The topological polar surface area (TPSA) is 201 Å². The van der Waals surface area contributed by atoms with Crippen LogP contribution < -0.4 is 5.73 Å². The molecular weight excluding hydrogens is 646 g/mol. The van der Waals surface area contributed by atoms with Crippen LogP contribution in [0.4, 0.5) is 10.5 Å². The zero-order chi connectivity index (χ0) is 30.1. The van der Waals surface area contributed by atoms with Crippen LogP contribution in [0, 0.1) is 0 Å². The van der Waals surface area contributed by atoms with Gasteiger partial charge in [0.25, 0.3) is 0 Å². The molecule has 0 saturated carbocycles. The van der Waals surface area contributed by atoms with Gasteiger partial charge < -0.3 is 24.9 Å². The van der Waals surface area contributed by atoms with E-state index in [0.29, 0.717) is 11.3 Å². The molecule has 0 aromatic carbocycles. The molecule has 3 aromatic rings. The second-order valence-electron chi connectivity index (χ2n) is 10.3. The number of thiol groups is 2. The number of pyridine rings is 1. The maximum absolute atomic E-state index is 13.5. The minimum Gasteiger partial charge on any atom is -0.398 e. The molecule has 3 aromatic heterocycles. The maximum Gasteiger partial charge on any atom is 0.386 e. The third-order valence-electron chi connectivity index (χ3n) is 7.71. The van der Waals surface area contributed by atoms with Gasteiger partial charge in [0.05, 0.1) is 19.1 Å². The number of rotatable bonds is 2. The molecule has 2 bridgehead atoms. The van der Waals surface area contributed by atoms with Crippen LogP contribution in [0.1, 0.15) is 24.4 Å². The molecule has 3 N–H and O–H groups in total. The first-order valence-electron chi connectivity index (χ1n) is 13.1. The largest absolute Gasteiger partial charge is 0.398 e. The summed E-state index contributed by atoms with van der Waals surface area (Å²) in [6, 6.07) is 2.92. The Bertz CT molecular complexity index is 1700. The fraction of sp³-hybridized carbons (Fsp3) is 0.478. The van der Waals surface area contributed by atoms with E-state index in [1.165, 1.54) is 23.2 Å². The highest BCUT2D eigenvalue weighted by Crippen LogP contribution is 2.60. The summed E-state index contributed by atoms with van der Waals surface area (Å²) in [5.41, 5.74) is 7.18. The van der Waals surface area contributed by atoms with Gasteiger partial charge in [0.15, 0.2) is 0 Å². The first-order valence-corrected chi connectivity index (χ1v) is 18.5. The lowest BCUT2D eigenvalue weighted by molar-refractivity contribution is -0.0436. The number of nitrogen functional groups attached to an aromatic ring is 1. The highest BCUT2D eigenvalue weighted by Gasteiger charge is 2.53. The van der Waals surface area contributed by atoms with Crippen molar-refractivity contribution in [3.05, 3.63) is 42.7 Å². The lowest BCUT2D eigenvalue weighted by Gasteiger charge is -2.29. The number of hydrogen-bond donors (Lipinski definition) is 4. The van der Waals surface area contributed by atoms with E-state index in [2.05, 4.69) is 39.5 Å². The number of ether oxygens (including phenoxy) is 2. The molecule has 230 valence electrons. The first-order chi connectivity index (χ1) is 20.5. The number of anilines is 1. The van der Waals surface area contributed by atoms with Crippen molar-refractivity contribution in [2.45, 2.75) is 55.2 Å². The lowest BCUT2D eigenvalue weighted by atomic mass is 9.95. The predicted octanol–water partition coefficient (Wildman–Crippen LogP) is 2.96. The van der Waals surface area contributed by atoms with Crippen LogP contribution in [0.15, 0.2) is 41.9 Å². The second-order valence-corrected chi connectivity index (χ2v) is 16.1. The molecule has 3 saturated heterocycles. The standard InChI is InChI=1S/C23H26N6O10P2S2/c24-13-1-3-25-21-11(13)2-5-28(21)17-7-14-15(36-17)9-34-41(33,43)39-20-18(30)16(10-35-40(32,42)38-14)37-19(20)12-8-27-23(31)29-6-4-26-22(12)29/h1-6,8,12,14-20,30H,7,9-10H2,(H2,24,25)(H,32,42)(H,33,43)/t12?,14-,15+,16+,17+,18+,19+,20+,40?,41?/m0/s1. The normalized spacial score (nSPS) is 40.0. The number of amides is 1. The van der Waals surface area contributed by atoms with Crippen molar-refractivity contribution in [1.82, 2.24) is 19.1 Å². The van der Waals surface area contributed by atoms with Gasteiger partial charge in [0.1, 0.15) is 54.3 Å². The molecule has 3 unspecified atom stereocenters. The first kappa shape index (κ1) is 29.6. The van der Waals surface area contributed by atoms with Crippen molar-refractivity contribution in [3.63, 3.8) is 0 Å². The van der Waals surface area contributed by atoms with E-state index in [-0.39, 0.29) is 18.9 Å². The Morgan fingerprint density at radius 1 is 0.953 bits per heavy atom. The Balaban J connectivity index is 1.17. The van der Waals surface area contributed by atoms with Gasteiger partial charge in [0.2, 0.25) is 0 Å². The summed E-state index contributed by atoms with van der Waals surface area (Å²) in [6.45, 7) is -9.05. The van der Waals surface area contributed by atoms with Crippen LogP contribution in [0.5, 0.6) is 0 Å². The smallest absolute Gasteiger partial charge is 0.386 e. The summed E-state index contributed by atoms with van der Waals surface area (Å²) in [5.74, 6) is -0.520. The van der Waals surface area contributed by atoms with Crippen molar-refractivity contribution in [3.8, 4) is 0 Å². The van der Waals surface area contributed by atoms with E-state index in [0.717, 1.165) is 5.39 Å². The monoisotopic (exact) mass is 672 g/mol. The third-order valence-corrected chi connectivity index (χ3v) is 11.0. The van der Waals surface area contributed by atoms with E-state index in [1.54, 1.807) is 29.1 Å². The average molecular weight is 673 g/mol. The molecule has 10 atom stereocenters. The van der Waals surface area contributed by atoms with E-state index in [1.807, 2.05) is 0 Å². The van der Waals surface area contributed by atoms with Crippen molar-refractivity contribution in [2.75, 3.05) is 18.9 Å². The highest BCUT2D eigenvalue weighted by molar-refractivity contribution is 8.44. The Morgan fingerprint density at radius 3 is 2.53 bits per heavy atom. The quantitative estimate of drug-likeness (QED) is 0.229. The van der Waals surface area contributed by atoms with Gasteiger partial charge in [-0.15, -0.1) is 0 Å². The highest BCUT2D eigenvalue weighted by atomic mass is 32.7. The summed E-state index contributed by atoms with van der Waals surface area (Å²) in [7, 11) is 0. The Labute approximate surface area is 254 Å². The van der Waals surface area contributed by atoms with Crippen LogP contribution in [0.2, 0.25) is 0 Å². The fourth-order valence-corrected chi connectivity index (χ4v) is 8.71. The van der Waals surface area contributed by atoms with Crippen LogP contribution in [-0.2, 0) is 36.7 Å². The van der Waals surface area contributed by atoms with Gasteiger partial charge in [-0.2, -0.15) is 0 Å². The number of carbonyl (C=O) groups excluding carboxylic acids is 1. The molecule has 0 aliphatic carbocycles. The maximum atomic E-state index is 13.5. The average Bonchev–Trinajstić information content (AvgIpc) is 3.74. The van der Waals surface area contributed by atoms with Gasteiger partial charge in [-0.05, 0) is 12.1 Å². The molecule has 7 rings (SSSR count). The molecule has 3 fully saturated rings. The summed E-state index contributed by atoms with van der Waals surface area (Å²) in [4.78, 5) is 24.7. The van der Waals surface area contributed by atoms with Gasteiger partial charge in [-0.1, -0.05) is 24.5 Å². The molecule has 20 heteroatoms. The molecule has 16 nitrogen and oxygen atoms in total. The number of fused-ring (bicyclic) bond motifs is 5. The van der Waals surface area contributed by atoms with Crippen LogP contribution in [0.3, 0.4) is 0 Å². The summed E-state index contributed by atoms with van der Waals surface area (Å²) >= 11 is 8.31. The summed E-state index contributed by atoms with van der Waals surface area (Å²) < 4.78 is 64.9. The molecule has 1 amide bonds. The summed E-state index contributed by atoms with van der Waals surface area (Å²) in [5, 5.41) is 11.9. The van der Waals surface area contributed by atoms with Crippen LogP contribution in [0.25, 0.3) is 11.0 Å². The SMILES string of the molecule is Nc1ccnc2c1ccn2[C@H]1C[C@@H]2OP(=O)(S)OC[C@H]3O[C@H](C4C=NC(=O)n5ccnc54)[C@H](OP(=O)(S)OC[C@H]2O1)[C@@H]3O.